The van der Waals surface area contributed by atoms with Crippen LogP contribution < -0.4 is 0 Å². The van der Waals surface area contributed by atoms with Gasteiger partial charge in [0, 0.05) is 5.92 Å². The van der Waals surface area contributed by atoms with Crippen LogP contribution in [-0.4, -0.2) is 42.4 Å². The molecule has 0 bridgehead atoms. The topological polar surface area (TPSA) is 32.7 Å². The van der Waals surface area contributed by atoms with Gasteiger partial charge >= 0.3 is 0 Å². The molecule has 2 atom stereocenters. The predicted molar refractivity (Wildman–Crippen MR) is 102 cm³/mol. The summed E-state index contributed by atoms with van der Waals surface area (Å²) in [5, 5.41) is 11.3. The third kappa shape index (κ3) is 3.50. The molecule has 2 aromatic rings. The van der Waals surface area contributed by atoms with E-state index < -0.39 is 11.7 Å². The number of rotatable bonds is 7. The van der Waals surface area contributed by atoms with Crippen molar-refractivity contribution in [2.24, 2.45) is 5.92 Å². The Kier molecular flexibility index (Phi) is 5.89. The van der Waals surface area contributed by atoms with Gasteiger partial charge in [-0.1, -0.05) is 74.5 Å². The zero-order valence-corrected chi connectivity index (χ0v) is 15.3. The Hall–Kier alpha value is -1.68. The second-order valence-corrected chi connectivity index (χ2v) is 6.80. The van der Waals surface area contributed by atoms with Crippen molar-refractivity contribution in [3.8, 4) is 0 Å². The van der Waals surface area contributed by atoms with Crippen molar-refractivity contribution in [2.45, 2.75) is 32.0 Å². The van der Waals surface area contributed by atoms with Gasteiger partial charge < -0.3 is 14.7 Å². The molecule has 3 rings (SSSR count). The fourth-order valence-corrected chi connectivity index (χ4v) is 3.92. The first-order valence-electron chi connectivity index (χ1n) is 9.37. The Morgan fingerprint density at radius 3 is 1.96 bits per heavy atom. The van der Waals surface area contributed by atoms with Gasteiger partial charge in [-0.05, 0) is 37.2 Å². The molecule has 1 aliphatic rings. The first kappa shape index (κ1) is 18.1. The van der Waals surface area contributed by atoms with E-state index in [1.54, 1.807) is 0 Å². The zero-order chi connectivity index (χ0) is 17.7. The lowest BCUT2D eigenvalue weighted by Gasteiger charge is -2.34. The van der Waals surface area contributed by atoms with Gasteiger partial charge in [-0.15, -0.1) is 0 Å². The molecule has 1 fully saturated rings. The first-order chi connectivity index (χ1) is 12.2. The molecule has 0 spiro atoms. The number of hydrogen-bond donors (Lipinski definition) is 1. The summed E-state index contributed by atoms with van der Waals surface area (Å²) in [5.74, 6) is 0.140. The summed E-state index contributed by atoms with van der Waals surface area (Å²) in [4.78, 5) is 2.40. The van der Waals surface area contributed by atoms with E-state index in [0.29, 0.717) is 6.61 Å². The molecule has 0 aromatic heterocycles. The number of benzene rings is 2. The third-order valence-electron chi connectivity index (χ3n) is 5.50. The lowest BCUT2D eigenvalue weighted by atomic mass is 9.78. The van der Waals surface area contributed by atoms with Gasteiger partial charge in [0.1, 0.15) is 5.60 Å². The minimum atomic E-state index is -0.767. The van der Waals surface area contributed by atoms with E-state index in [1.807, 2.05) is 36.4 Å². The van der Waals surface area contributed by atoms with Crippen LogP contribution in [0.4, 0.5) is 0 Å². The predicted octanol–water partition coefficient (Wildman–Crippen LogP) is 3.67. The third-order valence-corrected chi connectivity index (χ3v) is 5.50. The fraction of sp³-hybridized carbons (Fsp3) is 0.455. The monoisotopic (exact) mass is 339 g/mol. The SMILES string of the molecule is CCN(CC)CC[C@@H]1COC(c2ccccc2)(c2ccccc2)[C@@H]1O. The molecule has 0 saturated carbocycles. The van der Waals surface area contributed by atoms with E-state index in [4.69, 9.17) is 4.74 Å². The molecule has 1 N–H and O–H groups in total. The van der Waals surface area contributed by atoms with E-state index >= 15 is 0 Å². The van der Waals surface area contributed by atoms with Crippen LogP contribution in [0.3, 0.4) is 0 Å². The second kappa shape index (κ2) is 8.13. The number of hydrogen-bond acceptors (Lipinski definition) is 3. The zero-order valence-electron chi connectivity index (χ0n) is 15.3. The smallest absolute Gasteiger partial charge is 0.144 e. The molecule has 25 heavy (non-hydrogen) atoms. The summed E-state index contributed by atoms with van der Waals surface area (Å²) >= 11 is 0. The van der Waals surface area contributed by atoms with Crippen LogP contribution in [0.5, 0.6) is 0 Å². The van der Waals surface area contributed by atoms with Gasteiger partial charge in [0.25, 0.3) is 0 Å². The summed E-state index contributed by atoms with van der Waals surface area (Å²) in [5.41, 5.74) is 1.29. The minimum Gasteiger partial charge on any atom is -0.389 e. The van der Waals surface area contributed by atoms with E-state index in [2.05, 4.69) is 43.0 Å². The average molecular weight is 339 g/mol. The first-order valence-corrected chi connectivity index (χ1v) is 9.37. The quantitative estimate of drug-likeness (QED) is 0.835. The van der Waals surface area contributed by atoms with Crippen LogP contribution in [0.15, 0.2) is 60.7 Å². The van der Waals surface area contributed by atoms with Crippen molar-refractivity contribution in [3.63, 3.8) is 0 Å². The standard InChI is InChI=1S/C22H29NO2/c1-3-23(4-2)16-15-18-17-25-22(21(18)24,19-11-7-5-8-12-19)20-13-9-6-10-14-20/h5-14,18,21,24H,3-4,15-17H2,1-2H3/t18-,21-/m1/s1. The molecular weight excluding hydrogens is 310 g/mol. The molecule has 1 saturated heterocycles. The molecule has 3 nitrogen and oxygen atoms in total. The lowest BCUT2D eigenvalue weighted by molar-refractivity contribution is -0.0333. The second-order valence-electron chi connectivity index (χ2n) is 6.80. The molecule has 134 valence electrons. The highest BCUT2D eigenvalue weighted by Gasteiger charge is 2.51. The molecular formula is C22H29NO2. The van der Waals surface area contributed by atoms with Crippen molar-refractivity contribution in [1.29, 1.82) is 0 Å². The maximum atomic E-state index is 11.3. The van der Waals surface area contributed by atoms with Crippen molar-refractivity contribution in [1.82, 2.24) is 4.90 Å². The number of nitrogens with zero attached hydrogens (tertiary/aromatic N) is 1. The number of aliphatic hydroxyl groups excluding tert-OH is 1. The Bertz CT molecular complexity index is 600. The van der Waals surface area contributed by atoms with Crippen LogP contribution in [0.2, 0.25) is 0 Å². The van der Waals surface area contributed by atoms with Gasteiger partial charge in [0.05, 0.1) is 12.7 Å². The molecule has 2 aromatic carbocycles. The summed E-state index contributed by atoms with van der Waals surface area (Å²) < 4.78 is 6.37. The highest BCUT2D eigenvalue weighted by atomic mass is 16.5. The van der Waals surface area contributed by atoms with Crippen LogP contribution in [0.25, 0.3) is 0 Å². The fourth-order valence-electron chi connectivity index (χ4n) is 3.92. The number of ether oxygens (including phenoxy) is 1. The van der Waals surface area contributed by atoms with E-state index in [9.17, 15) is 5.11 Å². The average Bonchev–Trinajstić information content (AvgIpc) is 3.01. The van der Waals surface area contributed by atoms with Gasteiger partial charge in [-0.2, -0.15) is 0 Å². The lowest BCUT2D eigenvalue weighted by Crippen LogP contribution is -2.40. The highest BCUT2D eigenvalue weighted by Crippen LogP contribution is 2.45. The normalized spacial score (nSPS) is 22.4. The van der Waals surface area contributed by atoms with E-state index in [1.165, 1.54) is 0 Å². The maximum Gasteiger partial charge on any atom is 0.144 e. The van der Waals surface area contributed by atoms with Crippen LogP contribution >= 0.6 is 0 Å². The van der Waals surface area contributed by atoms with Gasteiger partial charge in [0.15, 0.2) is 0 Å². The van der Waals surface area contributed by atoms with Crippen LogP contribution in [0.1, 0.15) is 31.4 Å². The molecule has 0 aliphatic carbocycles. The summed E-state index contributed by atoms with van der Waals surface area (Å²) in [7, 11) is 0. The van der Waals surface area contributed by atoms with E-state index in [0.717, 1.165) is 37.2 Å². The van der Waals surface area contributed by atoms with Gasteiger partial charge in [-0.25, -0.2) is 0 Å². The van der Waals surface area contributed by atoms with Crippen molar-refractivity contribution in [3.05, 3.63) is 71.8 Å². The summed E-state index contributed by atoms with van der Waals surface area (Å²) in [6.45, 7) is 8.04. The molecule has 0 radical (unpaired) electrons. The maximum absolute atomic E-state index is 11.3. The molecule has 1 aliphatic heterocycles. The molecule has 0 unspecified atom stereocenters. The minimum absolute atomic E-state index is 0.140. The Morgan fingerprint density at radius 2 is 1.48 bits per heavy atom. The largest absolute Gasteiger partial charge is 0.389 e. The Labute approximate surface area is 151 Å². The summed E-state index contributed by atoms with van der Waals surface area (Å²) in [6, 6.07) is 20.3. The molecule has 3 heteroatoms. The van der Waals surface area contributed by atoms with E-state index in [-0.39, 0.29) is 5.92 Å². The highest BCUT2D eigenvalue weighted by molar-refractivity contribution is 5.39. The van der Waals surface area contributed by atoms with Crippen molar-refractivity contribution >= 4 is 0 Å². The van der Waals surface area contributed by atoms with Crippen LogP contribution in [0, 0.1) is 5.92 Å². The van der Waals surface area contributed by atoms with Gasteiger partial charge in [-0.3, -0.25) is 0 Å². The summed E-state index contributed by atoms with van der Waals surface area (Å²) in [6.07, 6.45) is 0.400. The number of aliphatic hydroxyl groups is 1. The van der Waals surface area contributed by atoms with Gasteiger partial charge in [0.2, 0.25) is 0 Å². The van der Waals surface area contributed by atoms with Crippen molar-refractivity contribution < 1.29 is 9.84 Å². The Morgan fingerprint density at radius 1 is 0.960 bits per heavy atom. The molecule has 0 amide bonds. The van der Waals surface area contributed by atoms with Crippen LogP contribution in [-0.2, 0) is 10.3 Å². The van der Waals surface area contributed by atoms with Crippen molar-refractivity contribution in [2.75, 3.05) is 26.2 Å². The Balaban J connectivity index is 1.89. The molecule has 1 heterocycles.